The minimum atomic E-state index is 0.735. The molecule has 0 atom stereocenters. The summed E-state index contributed by atoms with van der Waals surface area (Å²) in [5.41, 5.74) is 3.45. The third kappa shape index (κ3) is 3.85. The standard InChI is InChI=1S/C23H24ClN3/c1-2-3-13-27-22-14-19(24)11-12-21(22)26-23(27)16-25-15-18-9-6-8-17-7-4-5-10-20(17)18/h4-12,14,25H,2-3,13,15-16H2,1H3. The first-order valence-corrected chi connectivity index (χ1v) is 9.96. The molecule has 4 aromatic rings. The predicted octanol–water partition coefficient (Wildman–Crippen LogP) is 5.93. The zero-order valence-corrected chi connectivity index (χ0v) is 16.3. The van der Waals surface area contributed by atoms with Crippen LogP contribution in [-0.4, -0.2) is 9.55 Å². The van der Waals surface area contributed by atoms with Crippen LogP contribution in [0.5, 0.6) is 0 Å². The first kappa shape index (κ1) is 18.0. The van der Waals surface area contributed by atoms with Crippen molar-refractivity contribution >= 4 is 33.4 Å². The predicted molar refractivity (Wildman–Crippen MR) is 114 cm³/mol. The maximum Gasteiger partial charge on any atom is 0.123 e. The molecule has 1 N–H and O–H groups in total. The Labute approximate surface area is 165 Å². The molecule has 0 unspecified atom stereocenters. The molecular formula is C23H24ClN3. The number of unbranched alkanes of at least 4 members (excludes halogenated alkanes) is 1. The van der Waals surface area contributed by atoms with E-state index in [1.807, 2.05) is 18.2 Å². The molecular weight excluding hydrogens is 354 g/mol. The fraction of sp³-hybridized carbons (Fsp3) is 0.261. The number of aromatic nitrogens is 2. The van der Waals surface area contributed by atoms with Crippen molar-refractivity contribution in [3.8, 4) is 0 Å². The second-order valence-corrected chi connectivity index (χ2v) is 7.34. The normalized spacial score (nSPS) is 11.5. The number of rotatable bonds is 7. The fourth-order valence-corrected chi connectivity index (χ4v) is 3.77. The van der Waals surface area contributed by atoms with Gasteiger partial charge in [-0.3, -0.25) is 0 Å². The first-order valence-electron chi connectivity index (χ1n) is 9.58. The molecule has 0 bridgehead atoms. The Balaban J connectivity index is 1.56. The van der Waals surface area contributed by atoms with Crippen LogP contribution in [0.3, 0.4) is 0 Å². The highest BCUT2D eigenvalue weighted by atomic mass is 35.5. The molecule has 3 nitrogen and oxygen atoms in total. The molecule has 0 aliphatic heterocycles. The number of hydrogen-bond donors (Lipinski definition) is 1. The maximum atomic E-state index is 6.22. The van der Waals surface area contributed by atoms with E-state index in [-0.39, 0.29) is 0 Å². The summed E-state index contributed by atoms with van der Waals surface area (Å²) < 4.78 is 2.31. The van der Waals surface area contributed by atoms with Gasteiger partial charge < -0.3 is 9.88 Å². The van der Waals surface area contributed by atoms with Gasteiger partial charge in [0.05, 0.1) is 17.6 Å². The van der Waals surface area contributed by atoms with Gasteiger partial charge in [-0.05, 0) is 41.0 Å². The van der Waals surface area contributed by atoms with Crippen molar-refractivity contribution < 1.29 is 0 Å². The largest absolute Gasteiger partial charge is 0.327 e. The van der Waals surface area contributed by atoms with Gasteiger partial charge in [0.2, 0.25) is 0 Å². The van der Waals surface area contributed by atoms with E-state index >= 15 is 0 Å². The first-order chi connectivity index (χ1) is 13.3. The molecule has 0 amide bonds. The Kier molecular flexibility index (Phi) is 5.42. The van der Waals surface area contributed by atoms with Crippen LogP contribution >= 0.6 is 11.6 Å². The van der Waals surface area contributed by atoms with E-state index in [1.54, 1.807) is 0 Å². The lowest BCUT2D eigenvalue weighted by molar-refractivity contribution is 0.581. The highest BCUT2D eigenvalue weighted by Crippen LogP contribution is 2.22. The molecule has 3 aromatic carbocycles. The molecule has 27 heavy (non-hydrogen) atoms. The smallest absolute Gasteiger partial charge is 0.123 e. The quantitative estimate of drug-likeness (QED) is 0.432. The van der Waals surface area contributed by atoms with E-state index in [1.165, 1.54) is 16.3 Å². The molecule has 0 radical (unpaired) electrons. The summed E-state index contributed by atoms with van der Waals surface area (Å²) >= 11 is 6.22. The van der Waals surface area contributed by atoms with E-state index in [4.69, 9.17) is 16.6 Å². The minimum Gasteiger partial charge on any atom is -0.327 e. The molecule has 0 saturated carbocycles. The van der Waals surface area contributed by atoms with Gasteiger partial charge in [-0.25, -0.2) is 4.98 Å². The SMILES string of the molecule is CCCCn1c(CNCc2cccc3ccccc23)nc2ccc(Cl)cc21. The lowest BCUT2D eigenvalue weighted by Crippen LogP contribution is -2.17. The third-order valence-electron chi connectivity index (χ3n) is 5.00. The van der Waals surface area contributed by atoms with Gasteiger partial charge in [-0.1, -0.05) is 67.4 Å². The van der Waals surface area contributed by atoms with Crippen LogP contribution < -0.4 is 5.32 Å². The molecule has 0 spiro atoms. The summed E-state index contributed by atoms with van der Waals surface area (Å²) in [7, 11) is 0. The summed E-state index contributed by atoms with van der Waals surface area (Å²) in [6.45, 7) is 4.74. The van der Waals surface area contributed by atoms with Crippen LogP contribution in [0.2, 0.25) is 5.02 Å². The zero-order chi connectivity index (χ0) is 18.6. The number of benzene rings is 3. The van der Waals surface area contributed by atoms with Gasteiger partial charge in [0.15, 0.2) is 0 Å². The number of imidazole rings is 1. The summed E-state index contributed by atoms with van der Waals surface area (Å²) in [6.07, 6.45) is 2.29. The topological polar surface area (TPSA) is 29.9 Å². The van der Waals surface area contributed by atoms with Crippen molar-refractivity contribution in [2.45, 2.75) is 39.4 Å². The number of aryl methyl sites for hydroxylation is 1. The summed E-state index contributed by atoms with van der Waals surface area (Å²) in [4.78, 5) is 4.84. The third-order valence-corrected chi connectivity index (χ3v) is 5.24. The molecule has 0 aliphatic rings. The number of nitrogens with one attached hydrogen (secondary N) is 1. The van der Waals surface area contributed by atoms with Crippen molar-refractivity contribution in [2.24, 2.45) is 0 Å². The number of fused-ring (bicyclic) bond motifs is 2. The van der Waals surface area contributed by atoms with Crippen LogP contribution in [0.1, 0.15) is 31.2 Å². The molecule has 0 aliphatic carbocycles. The van der Waals surface area contributed by atoms with E-state index in [2.05, 4.69) is 59.3 Å². The molecule has 138 valence electrons. The monoisotopic (exact) mass is 377 g/mol. The number of hydrogen-bond acceptors (Lipinski definition) is 2. The van der Waals surface area contributed by atoms with E-state index in [0.717, 1.165) is 54.4 Å². The summed E-state index contributed by atoms with van der Waals surface area (Å²) in [6, 6.07) is 20.9. The van der Waals surface area contributed by atoms with Crippen LogP contribution in [0.15, 0.2) is 60.7 Å². The summed E-state index contributed by atoms with van der Waals surface area (Å²) in [5, 5.41) is 6.93. The van der Waals surface area contributed by atoms with Crippen LogP contribution in [0.4, 0.5) is 0 Å². The van der Waals surface area contributed by atoms with Crippen molar-refractivity contribution in [3.05, 3.63) is 77.1 Å². The van der Waals surface area contributed by atoms with Gasteiger partial charge in [0.1, 0.15) is 5.82 Å². The molecule has 0 saturated heterocycles. The molecule has 1 aromatic heterocycles. The van der Waals surface area contributed by atoms with Crippen molar-refractivity contribution in [2.75, 3.05) is 0 Å². The lowest BCUT2D eigenvalue weighted by atomic mass is 10.0. The average Bonchev–Trinajstić information content (AvgIpc) is 3.03. The van der Waals surface area contributed by atoms with Gasteiger partial charge >= 0.3 is 0 Å². The molecule has 4 rings (SSSR count). The van der Waals surface area contributed by atoms with Crippen molar-refractivity contribution in [1.29, 1.82) is 0 Å². The molecule has 1 heterocycles. The maximum absolute atomic E-state index is 6.22. The number of halogens is 1. The lowest BCUT2D eigenvalue weighted by Gasteiger charge is -2.11. The fourth-order valence-electron chi connectivity index (χ4n) is 3.60. The summed E-state index contributed by atoms with van der Waals surface area (Å²) in [5.74, 6) is 1.07. The Hall–Kier alpha value is -2.36. The van der Waals surface area contributed by atoms with Crippen LogP contribution in [0, 0.1) is 0 Å². The zero-order valence-electron chi connectivity index (χ0n) is 15.6. The minimum absolute atomic E-state index is 0.735. The van der Waals surface area contributed by atoms with E-state index < -0.39 is 0 Å². The molecule has 4 heteroatoms. The van der Waals surface area contributed by atoms with Crippen molar-refractivity contribution in [3.63, 3.8) is 0 Å². The van der Waals surface area contributed by atoms with Crippen LogP contribution in [-0.2, 0) is 19.6 Å². The van der Waals surface area contributed by atoms with Crippen molar-refractivity contribution in [1.82, 2.24) is 14.9 Å². The van der Waals surface area contributed by atoms with E-state index in [9.17, 15) is 0 Å². The van der Waals surface area contributed by atoms with E-state index in [0.29, 0.717) is 0 Å². The number of nitrogens with zero attached hydrogens (tertiary/aromatic N) is 2. The highest BCUT2D eigenvalue weighted by Gasteiger charge is 2.11. The Morgan fingerprint density at radius 1 is 1.00 bits per heavy atom. The molecule has 0 fully saturated rings. The Morgan fingerprint density at radius 2 is 1.85 bits per heavy atom. The Morgan fingerprint density at radius 3 is 2.74 bits per heavy atom. The van der Waals surface area contributed by atoms with Gasteiger partial charge in [-0.2, -0.15) is 0 Å². The van der Waals surface area contributed by atoms with Crippen LogP contribution in [0.25, 0.3) is 21.8 Å². The highest BCUT2D eigenvalue weighted by molar-refractivity contribution is 6.31. The van der Waals surface area contributed by atoms with Gasteiger partial charge in [0, 0.05) is 18.1 Å². The second-order valence-electron chi connectivity index (χ2n) is 6.91. The van der Waals surface area contributed by atoms with Gasteiger partial charge in [0.25, 0.3) is 0 Å². The average molecular weight is 378 g/mol. The van der Waals surface area contributed by atoms with Gasteiger partial charge in [-0.15, -0.1) is 0 Å². The Bertz CT molecular complexity index is 1060. The second kappa shape index (κ2) is 8.12.